The second kappa shape index (κ2) is 6.61. The number of rotatable bonds is 3. The molecule has 2 heteroatoms. The standard InChI is InChI=1S/C23H36O2/c1-15-11-17(13-18(12-15)25-6)14-19-16(2)7-8-20-22(3,4)21(24)9-10-23(19,20)5/h11-13,16,19-21,24H,7-10,14H2,1-6H3/t16-,19-,20-,21-,23+/m0/s1. The van der Waals surface area contributed by atoms with Crippen molar-refractivity contribution in [3.8, 4) is 5.75 Å². The predicted octanol–water partition coefficient (Wildman–Crippen LogP) is 5.40. The number of ether oxygens (including phenoxy) is 1. The molecule has 0 aliphatic heterocycles. The minimum atomic E-state index is -0.154. The van der Waals surface area contributed by atoms with Crippen LogP contribution in [0.25, 0.3) is 0 Å². The molecule has 5 atom stereocenters. The molecule has 140 valence electrons. The summed E-state index contributed by atoms with van der Waals surface area (Å²) in [4.78, 5) is 0. The smallest absolute Gasteiger partial charge is 0.119 e. The number of aliphatic hydroxyl groups excluding tert-OH is 1. The second-order valence-electron chi connectivity index (χ2n) is 9.66. The third-order valence-electron chi connectivity index (χ3n) is 7.76. The maximum atomic E-state index is 10.6. The summed E-state index contributed by atoms with van der Waals surface area (Å²) in [6.07, 6.45) is 5.61. The third kappa shape index (κ3) is 3.23. The molecule has 2 aliphatic carbocycles. The highest BCUT2D eigenvalue weighted by Crippen LogP contribution is 2.61. The molecule has 1 aromatic rings. The fraction of sp³-hybridized carbons (Fsp3) is 0.739. The Morgan fingerprint density at radius 3 is 2.52 bits per heavy atom. The molecule has 0 heterocycles. The van der Waals surface area contributed by atoms with Crippen molar-refractivity contribution >= 4 is 0 Å². The van der Waals surface area contributed by atoms with Crippen LogP contribution in [-0.4, -0.2) is 18.3 Å². The van der Waals surface area contributed by atoms with Gasteiger partial charge in [-0.1, -0.05) is 40.2 Å². The Kier molecular flexibility index (Phi) is 4.96. The lowest BCUT2D eigenvalue weighted by Gasteiger charge is -2.60. The van der Waals surface area contributed by atoms with E-state index in [4.69, 9.17) is 4.74 Å². The van der Waals surface area contributed by atoms with Crippen LogP contribution in [-0.2, 0) is 6.42 Å². The van der Waals surface area contributed by atoms with Gasteiger partial charge < -0.3 is 9.84 Å². The van der Waals surface area contributed by atoms with Gasteiger partial charge in [0.05, 0.1) is 13.2 Å². The molecular formula is C23H36O2. The molecule has 1 N–H and O–H groups in total. The molecule has 3 rings (SSSR count). The van der Waals surface area contributed by atoms with Crippen LogP contribution in [0.2, 0.25) is 0 Å². The molecule has 0 bridgehead atoms. The highest BCUT2D eigenvalue weighted by Gasteiger charge is 2.56. The lowest BCUT2D eigenvalue weighted by atomic mass is 9.45. The molecule has 0 unspecified atom stereocenters. The van der Waals surface area contributed by atoms with Crippen molar-refractivity contribution < 1.29 is 9.84 Å². The molecular weight excluding hydrogens is 308 g/mol. The van der Waals surface area contributed by atoms with E-state index in [1.54, 1.807) is 7.11 Å². The van der Waals surface area contributed by atoms with Crippen LogP contribution in [0.15, 0.2) is 18.2 Å². The van der Waals surface area contributed by atoms with Gasteiger partial charge in [-0.15, -0.1) is 0 Å². The number of benzene rings is 1. The van der Waals surface area contributed by atoms with Crippen LogP contribution in [0.1, 0.15) is 64.5 Å². The Hall–Kier alpha value is -1.02. The van der Waals surface area contributed by atoms with Crippen LogP contribution >= 0.6 is 0 Å². The predicted molar refractivity (Wildman–Crippen MR) is 104 cm³/mol. The Labute approximate surface area is 154 Å². The average Bonchev–Trinajstić information content (AvgIpc) is 2.54. The van der Waals surface area contributed by atoms with Crippen LogP contribution in [0.3, 0.4) is 0 Å². The first-order valence-electron chi connectivity index (χ1n) is 10.0. The topological polar surface area (TPSA) is 29.5 Å². The maximum absolute atomic E-state index is 10.6. The van der Waals surface area contributed by atoms with Crippen molar-refractivity contribution in [1.82, 2.24) is 0 Å². The van der Waals surface area contributed by atoms with Crippen LogP contribution in [0.4, 0.5) is 0 Å². The number of aliphatic hydroxyl groups is 1. The number of hydrogen-bond acceptors (Lipinski definition) is 2. The Balaban J connectivity index is 1.93. The zero-order chi connectivity index (χ0) is 18.4. The summed E-state index contributed by atoms with van der Waals surface area (Å²) >= 11 is 0. The zero-order valence-electron chi connectivity index (χ0n) is 16.9. The highest BCUT2D eigenvalue weighted by atomic mass is 16.5. The summed E-state index contributed by atoms with van der Waals surface area (Å²) in [6, 6.07) is 6.65. The largest absolute Gasteiger partial charge is 0.497 e. The number of fused-ring (bicyclic) bond motifs is 1. The molecule has 2 aliphatic rings. The van der Waals surface area contributed by atoms with E-state index in [0.29, 0.717) is 17.3 Å². The summed E-state index contributed by atoms with van der Waals surface area (Å²) in [5, 5.41) is 10.6. The van der Waals surface area contributed by atoms with Gasteiger partial charge in [-0.25, -0.2) is 0 Å². The van der Waals surface area contributed by atoms with Gasteiger partial charge in [0.1, 0.15) is 5.75 Å². The first-order chi connectivity index (χ1) is 11.7. The van der Waals surface area contributed by atoms with E-state index in [0.717, 1.165) is 30.9 Å². The van der Waals surface area contributed by atoms with Crippen LogP contribution < -0.4 is 4.74 Å². The van der Waals surface area contributed by atoms with Crippen molar-refractivity contribution in [2.75, 3.05) is 7.11 Å². The Bertz CT molecular complexity index is 621. The molecule has 2 saturated carbocycles. The summed E-state index contributed by atoms with van der Waals surface area (Å²) in [5.41, 5.74) is 3.02. The third-order valence-corrected chi connectivity index (χ3v) is 7.76. The van der Waals surface area contributed by atoms with Crippen molar-refractivity contribution in [3.63, 3.8) is 0 Å². The first-order valence-corrected chi connectivity index (χ1v) is 10.0. The number of aryl methyl sites for hydroxylation is 1. The van der Waals surface area contributed by atoms with Gasteiger partial charge in [0.15, 0.2) is 0 Å². The van der Waals surface area contributed by atoms with Gasteiger partial charge in [0, 0.05) is 0 Å². The Morgan fingerprint density at radius 1 is 1.12 bits per heavy atom. The lowest BCUT2D eigenvalue weighted by Crippen LogP contribution is -2.56. The molecule has 2 nitrogen and oxygen atoms in total. The summed E-state index contributed by atoms with van der Waals surface area (Å²) in [6.45, 7) is 11.7. The van der Waals surface area contributed by atoms with Gasteiger partial charge in [0.2, 0.25) is 0 Å². The quantitative estimate of drug-likeness (QED) is 0.796. The van der Waals surface area contributed by atoms with Crippen molar-refractivity contribution in [1.29, 1.82) is 0 Å². The average molecular weight is 345 g/mol. The summed E-state index contributed by atoms with van der Waals surface area (Å²) < 4.78 is 5.50. The van der Waals surface area contributed by atoms with Gasteiger partial charge in [-0.3, -0.25) is 0 Å². The fourth-order valence-electron chi connectivity index (χ4n) is 6.25. The van der Waals surface area contributed by atoms with Gasteiger partial charge in [0.25, 0.3) is 0 Å². The van der Waals surface area contributed by atoms with Crippen molar-refractivity contribution in [3.05, 3.63) is 29.3 Å². The highest BCUT2D eigenvalue weighted by molar-refractivity contribution is 5.34. The molecule has 0 spiro atoms. The molecule has 25 heavy (non-hydrogen) atoms. The monoisotopic (exact) mass is 344 g/mol. The molecule has 0 saturated heterocycles. The zero-order valence-corrected chi connectivity index (χ0v) is 16.9. The second-order valence-corrected chi connectivity index (χ2v) is 9.66. The van der Waals surface area contributed by atoms with E-state index in [1.165, 1.54) is 24.0 Å². The fourth-order valence-corrected chi connectivity index (χ4v) is 6.25. The van der Waals surface area contributed by atoms with E-state index in [9.17, 15) is 5.11 Å². The minimum Gasteiger partial charge on any atom is -0.497 e. The van der Waals surface area contributed by atoms with Gasteiger partial charge in [-0.05, 0) is 84.5 Å². The molecule has 2 fully saturated rings. The normalized spacial score (nSPS) is 37.4. The van der Waals surface area contributed by atoms with Gasteiger partial charge in [-0.2, -0.15) is 0 Å². The minimum absolute atomic E-state index is 0.0235. The number of hydrogen-bond donors (Lipinski definition) is 1. The van der Waals surface area contributed by atoms with Crippen LogP contribution in [0, 0.1) is 35.5 Å². The Morgan fingerprint density at radius 2 is 1.84 bits per heavy atom. The van der Waals surface area contributed by atoms with E-state index in [2.05, 4.69) is 52.8 Å². The molecule has 0 aromatic heterocycles. The van der Waals surface area contributed by atoms with E-state index >= 15 is 0 Å². The molecule has 0 amide bonds. The van der Waals surface area contributed by atoms with Crippen LogP contribution in [0.5, 0.6) is 5.75 Å². The van der Waals surface area contributed by atoms with Gasteiger partial charge >= 0.3 is 0 Å². The van der Waals surface area contributed by atoms with Crippen molar-refractivity contribution in [2.45, 2.75) is 72.8 Å². The molecule has 1 aromatic carbocycles. The van der Waals surface area contributed by atoms with Crippen molar-refractivity contribution in [2.24, 2.45) is 28.6 Å². The lowest BCUT2D eigenvalue weighted by molar-refractivity contribution is -0.148. The molecule has 0 radical (unpaired) electrons. The maximum Gasteiger partial charge on any atom is 0.119 e. The first kappa shape index (κ1) is 18.8. The van der Waals surface area contributed by atoms with E-state index in [1.807, 2.05) is 0 Å². The summed E-state index contributed by atoms with van der Waals surface area (Å²) in [7, 11) is 1.75. The van der Waals surface area contributed by atoms with E-state index in [-0.39, 0.29) is 11.5 Å². The number of methoxy groups -OCH3 is 1. The SMILES string of the molecule is COc1cc(C)cc(C[C@H]2[C@@H](C)CC[C@H]3C(C)(C)[C@@H](O)CC[C@]23C)c1. The summed E-state index contributed by atoms with van der Waals surface area (Å²) in [5.74, 6) is 2.99. The van der Waals surface area contributed by atoms with E-state index < -0.39 is 0 Å².